The quantitative estimate of drug-likeness (QED) is 0.0261. The van der Waals surface area contributed by atoms with E-state index in [0.29, 0.717) is 6.42 Å². The molecule has 1 heterocycles. The molecule has 0 aliphatic carbocycles. The molecule has 0 aromatic heterocycles. The zero-order chi connectivity index (χ0) is 51.5. The molecule has 7 atom stereocenters. The van der Waals surface area contributed by atoms with E-state index in [2.05, 4.69) is 92.1 Å². The van der Waals surface area contributed by atoms with Crippen molar-refractivity contribution in [1.29, 1.82) is 0 Å². The molecule has 0 aromatic carbocycles. The molecule has 1 rings (SSSR count). The van der Waals surface area contributed by atoms with Crippen molar-refractivity contribution in [3.05, 3.63) is 85.1 Å². The van der Waals surface area contributed by atoms with Gasteiger partial charge in [-0.05, 0) is 70.6 Å². The standard InChI is InChI=1S/C62H109NO8/c1-3-5-7-9-11-12-13-14-15-16-17-18-19-20-21-22-23-24-25-26-27-28-29-30-31-32-33-34-35-36-37-38-39-40-41-42-43-44-46-48-50-52-58(66)63-55(56(65)51-49-47-45-10-8-6-4-2)54-70-62-61(69)60(68)59(67)57(53-64)71-62/h5,7,11-12,14-15,17-18,20-21,23-24,49,51,55-57,59-62,64-65,67-69H,3-4,6,8-10,13,16,19,22,25-48,50,52-54H2,1-2H3,(H,63,66)/b7-5-,12-11-,15-14-,18-17-,21-20-,24-23-,51-49+. The van der Waals surface area contributed by atoms with Crippen LogP contribution in [0.1, 0.15) is 245 Å². The Kier molecular flexibility index (Phi) is 47.6. The van der Waals surface area contributed by atoms with E-state index in [4.69, 9.17) is 9.47 Å². The summed E-state index contributed by atoms with van der Waals surface area (Å²) >= 11 is 0. The lowest BCUT2D eigenvalue weighted by molar-refractivity contribution is -0.302. The van der Waals surface area contributed by atoms with Crippen molar-refractivity contribution in [2.24, 2.45) is 0 Å². The van der Waals surface area contributed by atoms with Crippen molar-refractivity contribution in [1.82, 2.24) is 5.32 Å². The maximum Gasteiger partial charge on any atom is 0.220 e. The SMILES string of the molecule is CC/C=C\C/C=C\C/C=C\C/C=C\C/C=C\C/C=C\CCCCCCCCCCCCCCCCCCCCCCCCC(=O)NC(COC1OC(CO)C(O)C(O)C1O)C(O)/C=C/CCCCCCC. The summed E-state index contributed by atoms with van der Waals surface area (Å²) in [5, 5.41) is 54.0. The third kappa shape index (κ3) is 40.4. The van der Waals surface area contributed by atoms with Gasteiger partial charge in [-0.15, -0.1) is 0 Å². The van der Waals surface area contributed by atoms with Crippen molar-refractivity contribution < 1.29 is 39.8 Å². The molecule has 6 N–H and O–H groups in total. The van der Waals surface area contributed by atoms with E-state index in [1.807, 2.05) is 6.08 Å². The molecule has 0 saturated carbocycles. The van der Waals surface area contributed by atoms with Crippen LogP contribution in [-0.2, 0) is 14.3 Å². The predicted molar refractivity (Wildman–Crippen MR) is 299 cm³/mol. The molecule has 7 unspecified atom stereocenters. The first kappa shape index (κ1) is 66.4. The Morgan fingerprint density at radius 3 is 1.30 bits per heavy atom. The second-order valence-electron chi connectivity index (χ2n) is 20.1. The van der Waals surface area contributed by atoms with Crippen LogP contribution >= 0.6 is 0 Å². The fourth-order valence-electron chi connectivity index (χ4n) is 8.87. The number of rotatable bonds is 49. The smallest absolute Gasteiger partial charge is 0.220 e. The average molecular weight is 997 g/mol. The van der Waals surface area contributed by atoms with E-state index in [1.54, 1.807) is 6.08 Å². The highest BCUT2D eigenvalue weighted by Crippen LogP contribution is 2.23. The summed E-state index contributed by atoms with van der Waals surface area (Å²) in [7, 11) is 0. The van der Waals surface area contributed by atoms with E-state index < -0.39 is 49.5 Å². The molecule has 1 saturated heterocycles. The van der Waals surface area contributed by atoms with Gasteiger partial charge in [0, 0.05) is 6.42 Å². The molecule has 9 nitrogen and oxygen atoms in total. The third-order valence-corrected chi connectivity index (χ3v) is 13.5. The van der Waals surface area contributed by atoms with Gasteiger partial charge >= 0.3 is 0 Å². The first-order valence-electron chi connectivity index (χ1n) is 29.3. The Morgan fingerprint density at radius 1 is 0.493 bits per heavy atom. The molecular weight excluding hydrogens is 887 g/mol. The van der Waals surface area contributed by atoms with Crippen molar-refractivity contribution in [2.45, 2.75) is 288 Å². The molecule has 9 heteroatoms. The number of hydrogen-bond acceptors (Lipinski definition) is 8. The lowest BCUT2D eigenvalue weighted by Gasteiger charge is -2.40. The van der Waals surface area contributed by atoms with Crippen LogP contribution in [0.15, 0.2) is 85.1 Å². The maximum absolute atomic E-state index is 12.9. The number of hydrogen-bond donors (Lipinski definition) is 6. The van der Waals surface area contributed by atoms with Gasteiger partial charge < -0.3 is 40.3 Å². The van der Waals surface area contributed by atoms with Crippen LogP contribution in [0.3, 0.4) is 0 Å². The Balaban J connectivity index is 1.98. The summed E-state index contributed by atoms with van der Waals surface area (Å²) in [5.41, 5.74) is 0. The first-order valence-corrected chi connectivity index (χ1v) is 29.3. The van der Waals surface area contributed by atoms with E-state index in [9.17, 15) is 30.3 Å². The largest absolute Gasteiger partial charge is 0.394 e. The highest BCUT2D eigenvalue weighted by Gasteiger charge is 2.44. The zero-order valence-electron chi connectivity index (χ0n) is 45.5. The number of allylic oxidation sites excluding steroid dienone is 13. The summed E-state index contributed by atoms with van der Waals surface area (Å²) in [6.45, 7) is 3.60. The second kappa shape index (κ2) is 50.9. The van der Waals surface area contributed by atoms with Crippen LogP contribution in [0, 0.1) is 0 Å². The topological polar surface area (TPSA) is 149 Å². The van der Waals surface area contributed by atoms with Gasteiger partial charge in [-0.1, -0.05) is 253 Å². The fourth-order valence-corrected chi connectivity index (χ4v) is 8.87. The molecule has 1 aliphatic heterocycles. The number of ether oxygens (including phenoxy) is 2. The van der Waals surface area contributed by atoms with Crippen LogP contribution in [0.5, 0.6) is 0 Å². The summed E-state index contributed by atoms with van der Waals surface area (Å²) in [4.78, 5) is 12.9. The lowest BCUT2D eigenvalue weighted by atomic mass is 9.99. The zero-order valence-corrected chi connectivity index (χ0v) is 45.5. The van der Waals surface area contributed by atoms with Crippen LogP contribution < -0.4 is 5.32 Å². The third-order valence-electron chi connectivity index (χ3n) is 13.5. The molecule has 0 radical (unpaired) electrons. The Hall–Kier alpha value is -2.63. The highest BCUT2D eigenvalue weighted by atomic mass is 16.7. The molecule has 410 valence electrons. The molecule has 0 spiro atoms. The monoisotopic (exact) mass is 996 g/mol. The van der Waals surface area contributed by atoms with Gasteiger partial charge in [0.25, 0.3) is 0 Å². The van der Waals surface area contributed by atoms with Crippen LogP contribution in [0.25, 0.3) is 0 Å². The maximum atomic E-state index is 12.9. The van der Waals surface area contributed by atoms with Gasteiger partial charge in [0.2, 0.25) is 5.91 Å². The molecule has 1 aliphatic rings. The molecule has 71 heavy (non-hydrogen) atoms. The number of unbranched alkanes of at least 4 members (excludes halogenated alkanes) is 27. The molecular formula is C62H109NO8. The Morgan fingerprint density at radius 2 is 0.873 bits per heavy atom. The lowest BCUT2D eigenvalue weighted by Crippen LogP contribution is -2.60. The summed E-state index contributed by atoms with van der Waals surface area (Å²) in [5.74, 6) is -0.180. The minimum absolute atomic E-state index is 0.180. The van der Waals surface area contributed by atoms with Gasteiger partial charge in [0.05, 0.1) is 25.4 Å². The van der Waals surface area contributed by atoms with Crippen molar-refractivity contribution >= 4 is 5.91 Å². The normalized spacial score (nSPS) is 19.9. The molecule has 0 aromatic rings. The van der Waals surface area contributed by atoms with Gasteiger partial charge in [-0.3, -0.25) is 4.79 Å². The Labute approximate surface area is 435 Å². The van der Waals surface area contributed by atoms with Crippen molar-refractivity contribution in [2.75, 3.05) is 13.2 Å². The van der Waals surface area contributed by atoms with Crippen molar-refractivity contribution in [3.63, 3.8) is 0 Å². The number of amides is 1. The minimum Gasteiger partial charge on any atom is -0.394 e. The van der Waals surface area contributed by atoms with Crippen molar-refractivity contribution in [3.8, 4) is 0 Å². The molecule has 1 amide bonds. The summed E-state index contributed by atoms with van der Waals surface area (Å²) in [6.07, 6.45) is 65.7. The first-order chi connectivity index (χ1) is 34.8. The van der Waals surface area contributed by atoms with Gasteiger partial charge in [0.15, 0.2) is 6.29 Å². The summed E-state index contributed by atoms with van der Waals surface area (Å²) in [6, 6.07) is -0.802. The fraction of sp³-hybridized carbons (Fsp3) is 0.758. The number of aliphatic hydroxyl groups is 5. The van der Waals surface area contributed by atoms with Gasteiger partial charge in [-0.2, -0.15) is 0 Å². The minimum atomic E-state index is -1.57. The molecule has 1 fully saturated rings. The van der Waals surface area contributed by atoms with E-state index in [1.165, 1.54) is 148 Å². The van der Waals surface area contributed by atoms with Crippen LogP contribution in [-0.4, -0.2) is 87.5 Å². The van der Waals surface area contributed by atoms with Crippen LogP contribution in [0.2, 0.25) is 0 Å². The van der Waals surface area contributed by atoms with Gasteiger partial charge in [0.1, 0.15) is 24.4 Å². The summed E-state index contributed by atoms with van der Waals surface area (Å²) < 4.78 is 11.2. The van der Waals surface area contributed by atoms with E-state index in [0.717, 1.165) is 77.0 Å². The van der Waals surface area contributed by atoms with Crippen LogP contribution in [0.4, 0.5) is 0 Å². The second-order valence-corrected chi connectivity index (χ2v) is 20.1. The number of carbonyl (C=O) groups excluding carboxylic acids is 1. The number of nitrogens with one attached hydrogen (secondary N) is 1. The van der Waals surface area contributed by atoms with Gasteiger partial charge in [-0.25, -0.2) is 0 Å². The number of carbonyl (C=O) groups is 1. The predicted octanol–water partition coefficient (Wildman–Crippen LogP) is 14.6. The average Bonchev–Trinajstić information content (AvgIpc) is 3.37. The Bertz CT molecular complexity index is 1390. The van der Waals surface area contributed by atoms with E-state index in [-0.39, 0.29) is 12.5 Å². The highest BCUT2D eigenvalue weighted by molar-refractivity contribution is 5.76. The molecule has 0 bridgehead atoms. The number of aliphatic hydroxyl groups excluding tert-OH is 5. The van der Waals surface area contributed by atoms with E-state index >= 15 is 0 Å².